The largest absolute Gasteiger partial charge is 0.508 e. The van der Waals surface area contributed by atoms with E-state index in [2.05, 4.69) is 0 Å². The van der Waals surface area contributed by atoms with E-state index in [1.165, 1.54) is 69.9 Å². The van der Waals surface area contributed by atoms with Gasteiger partial charge in [0.25, 0.3) is 0 Å². The predicted octanol–water partition coefficient (Wildman–Crippen LogP) is 2.83. The third kappa shape index (κ3) is 8.69. The molecule has 13 nitrogen and oxygen atoms in total. The van der Waals surface area contributed by atoms with Crippen LogP contribution in [-0.4, -0.2) is 91.0 Å². The molecule has 0 unspecified atom stereocenters. The zero-order valence-corrected chi connectivity index (χ0v) is 25.1. The number of aliphatic hydroxyl groups excluding tert-OH is 2. The molecule has 244 valence electrons. The highest BCUT2D eigenvalue weighted by molar-refractivity contribution is 5.87. The van der Waals surface area contributed by atoms with Gasteiger partial charge in [-0.3, -0.25) is 0 Å². The van der Waals surface area contributed by atoms with Crippen LogP contribution in [0.15, 0.2) is 72.8 Å². The summed E-state index contributed by atoms with van der Waals surface area (Å²) < 4.78 is 38.6. The van der Waals surface area contributed by atoms with Crippen molar-refractivity contribution in [3.8, 4) is 34.5 Å². The summed E-state index contributed by atoms with van der Waals surface area (Å²) in [5, 5.41) is 41.0. The Hall–Kier alpha value is -5.24. The van der Waals surface area contributed by atoms with Crippen LogP contribution in [0.5, 0.6) is 34.5 Å². The lowest BCUT2D eigenvalue weighted by Crippen LogP contribution is -2.61. The lowest BCUT2D eigenvalue weighted by atomic mass is 9.99. The first-order valence-corrected chi connectivity index (χ1v) is 13.9. The normalized spacial score (nSPS) is 21.1. The van der Waals surface area contributed by atoms with E-state index in [0.29, 0.717) is 16.9 Å². The molecule has 0 bridgehead atoms. The summed E-state index contributed by atoms with van der Waals surface area (Å²) in [6.07, 6.45) is -2.77. The van der Waals surface area contributed by atoms with Crippen molar-refractivity contribution in [3.63, 3.8) is 0 Å². The average Bonchev–Trinajstić information content (AvgIpc) is 3.06. The van der Waals surface area contributed by atoms with Crippen molar-refractivity contribution in [1.82, 2.24) is 0 Å². The molecule has 3 aromatic carbocycles. The Kier molecular flexibility index (Phi) is 11.5. The van der Waals surface area contributed by atoms with Gasteiger partial charge >= 0.3 is 11.9 Å². The van der Waals surface area contributed by atoms with Gasteiger partial charge < -0.3 is 53.6 Å². The Labute approximate surface area is 264 Å². The molecule has 46 heavy (non-hydrogen) atoms. The summed E-state index contributed by atoms with van der Waals surface area (Å²) in [6.45, 7) is -0.515. The van der Waals surface area contributed by atoms with Crippen molar-refractivity contribution < 1.29 is 63.2 Å². The third-order valence-electron chi connectivity index (χ3n) is 6.80. The Morgan fingerprint density at radius 2 is 1.28 bits per heavy atom. The van der Waals surface area contributed by atoms with Crippen molar-refractivity contribution in [2.45, 2.75) is 30.7 Å². The number of phenols is 2. The van der Waals surface area contributed by atoms with Crippen LogP contribution < -0.4 is 18.9 Å². The van der Waals surface area contributed by atoms with Gasteiger partial charge in [0.15, 0.2) is 17.6 Å². The van der Waals surface area contributed by atoms with Crippen molar-refractivity contribution in [2.24, 2.45) is 0 Å². The zero-order valence-electron chi connectivity index (χ0n) is 25.1. The van der Waals surface area contributed by atoms with Crippen LogP contribution >= 0.6 is 0 Å². The van der Waals surface area contributed by atoms with Gasteiger partial charge in [0, 0.05) is 24.3 Å². The standard InChI is InChI=1S/C33H34O13/c1-40-23-16-24(41-2)31(25(17-23)42-3)46-33-30(39)29(38)32(45-28(37)15-9-20-6-12-22(35)13-7-20)26(44-33)18-43-27(36)14-8-19-4-10-21(34)11-5-19/h4-17,26,29-30,32-35,38-39H,18H2,1-3H3/b14-8+,15-9+/t26-,29-,30-,32-,33+/m1/s1. The molecule has 0 saturated carbocycles. The molecular formula is C33H34O13. The van der Waals surface area contributed by atoms with Crippen LogP contribution in [0, 0.1) is 0 Å². The number of carbonyl (C=O) groups excluding carboxylic acids is 2. The van der Waals surface area contributed by atoms with E-state index in [9.17, 15) is 30.0 Å². The molecule has 0 aromatic heterocycles. The van der Waals surface area contributed by atoms with Crippen LogP contribution in [-0.2, 0) is 23.8 Å². The van der Waals surface area contributed by atoms with Crippen molar-refractivity contribution in [2.75, 3.05) is 27.9 Å². The molecule has 1 aliphatic heterocycles. The summed E-state index contributed by atoms with van der Waals surface area (Å²) in [5.74, 6) is -0.831. The second-order valence-corrected chi connectivity index (χ2v) is 9.88. The fraction of sp³-hybridized carbons (Fsp3) is 0.273. The SMILES string of the molecule is COc1cc(OC)c(O[C@@H]2O[C@H](COC(=O)/C=C/c3ccc(O)cc3)[C@@H](OC(=O)/C=C/c3ccc(O)cc3)[C@H](O)[C@H]2O)c(OC)c1. The summed E-state index contributed by atoms with van der Waals surface area (Å²) in [6, 6.07) is 15.1. The second-order valence-electron chi connectivity index (χ2n) is 9.88. The minimum atomic E-state index is -1.75. The molecule has 0 radical (unpaired) electrons. The van der Waals surface area contributed by atoms with Gasteiger partial charge in [-0.15, -0.1) is 0 Å². The quantitative estimate of drug-likeness (QED) is 0.168. The van der Waals surface area contributed by atoms with E-state index >= 15 is 0 Å². The topological polar surface area (TPSA) is 180 Å². The van der Waals surface area contributed by atoms with Gasteiger partial charge in [0.05, 0.1) is 21.3 Å². The van der Waals surface area contributed by atoms with Crippen molar-refractivity contribution in [1.29, 1.82) is 0 Å². The Morgan fingerprint density at radius 3 is 1.78 bits per heavy atom. The maximum Gasteiger partial charge on any atom is 0.331 e. The number of hydrogen-bond donors (Lipinski definition) is 4. The predicted molar refractivity (Wildman–Crippen MR) is 163 cm³/mol. The second kappa shape index (κ2) is 15.7. The number of methoxy groups -OCH3 is 3. The average molecular weight is 639 g/mol. The summed E-state index contributed by atoms with van der Waals surface area (Å²) in [7, 11) is 4.21. The number of esters is 2. The first-order chi connectivity index (χ1) is 22.1. The Morgan fingerprint density at radius 1 is 0.761 bits per heavy atom. The molecule has 4 rings (SSSR count). The van der Waals surface area contributed by atoms with Gasteiger partial charge in [-0.2, -0.15) is 0 Å². The summed E-state index contributed by atoms with van der Waals surface area (Å²) in [5.41, 5.74) is 1.20. The molecule has 0 amide bonds. The van der Waals surface area contributed by atoms with Gasteiger partial charge in [0.2, 0.25) is 12.0 Å². The molecule has 0 spiro atoms. The molecule has 1 heterocycles. The number of carbonyl (C=O) groups is 2. The molecule has 1 aliphatic rings. The lowest BCUT2D eigenvalue weighted by molar-refractivity contribution is -0.281. The fourth-order valence-corrected chi connectivity index (χ4v) is 4.37. The summed E-state index contributed by atoms with van der Waals surface area (Å²) in [4.78, 5) is 25.3. The maximum absolute atomic E-state index is 12.8. The fourth-order valence-electron chi connectivity index (χ4n) is 4.37. The molecule has 1 fully saturated rings. The monoisotopic (exact) mass is 638 g/mol. The van der Waals surface area contributed by atoms with Crippen LogP contribution in [0.25, 0.3) is 12.2 Å². The zero-order chi connectivity index (χ0) is 33.2. The van der Waals surface area contributed by atoms with E-state index in [1.807, 2.05) is 0 Å². The smallest absolute Gasteiger partial charge is 0.331 e. The molecule has 1 saturated heterocycles. The molecule has 0 aliphatic carbocycles. The highest BCUT2D eigenvalue weighted by Crippen LogP contribution is 2.42. The third-order valence-corrected chi connectivity index (χ3v) is 6.80. The molecule has 5 atom stereocenters. The van der Waals surface area contributed by atoms with Crippen LogP contribution in [0.3, 0.4) is 0 Å². The van der Waals surface area contributed by atoms with E-state index in [1.54, 1.807) is 24.3 Å². The first kappa shape index (κ1) is 33.6. The van der Waals surface area contributed by atoms with E-state index < -0.39 is 49.3 Å². The number of benzene rings is 3. The number of phenolic OH excluding ortho intramolecular Hbond substituents is 2. The molecular weight excluding hydrogens is 604 g/mol. The lowest BCUT2D eigenvalue weighted by Gasteiger charge is -2.41. The minimum Gasteiger partial charge on any atom is -0.508 e. The Bertz CT molecular complexity index is 1510. The number of aliphatic hydroxyl groups is 2. The van der Waals surface area contributed by atoms with Gasteiger partial charge in [-0.05, 0) is 47.5 Å². The number of ether oxygens (including phenoxy) is 7. The van der Waals surface area contributed by atoms with Crippen LogP contribution in [0.2, 0.25) is 0 Å². The molecule has 13 heteroatoms. The van der Waals surface area contributed by atoms with Gasteiger partial charge in [-0.25, -0.2) is 9.59 Å². The molecule has 3 aromatic rings. The number of rotatable bonds is 12. The highest BCUT2D eigenvalue weighted by atomic mass is 16.7. The highest BCUT2D eigenvalue weighted by Gasteiger charge is 2.48. The van der Waals surface area contributed by atoms with Gasteiger partial charge in [0.1, 0.15) is 42.2 Å². The number of hydrogen-bond acceptors (Lipinski definition) is 13. The number of aromatic hydroxyl groups is 2. The van der Waals surface area contributed by atoms with Crippen LogP contribution in [0.4, 0.5) is 0 Å². The minimum absolute atomic E-state index is 0.0156. The van der Waals surface area contributed by atoms with E-state index in [0.717, 1.165) is 12.2 Å². The van der Waals surface area contributed by atoms with Crippen molar-refractivity contribution >= 4 is 24.1 Å². The maximum atomic E-state index is 12.8. The molecule has 4 N–H and O–H groups in total. The van der Waals surface area contributed by atoms with Crippen LogP contribution in [0.1, 0.15) is 11.1 Å². The van der Waals surface area contributed by atoms with Gasteiger partial charge in [-0.1, -0.05) is 24.3 Å². The first-order valence-electron chi connectivity index (χ1n) is 13.9. The van der Waals surface area contributed by atoms with E-state index in [-0.39, 0.29) is 28.7 Å². The summed E-state index contributed by atoms with van der Waals surface area (Å²) >= 11 is 0. The Balaban J connectivity index is 1.54. The van der Waals surface area contributed by atoms with E-state index in [4.69, 9.17) is 33.2 Å². The van der Waals surface area contributed by atoms with Crippen molar-refractivity contribution in [3.05, 3.63) is 83.9 Å².